The Morgan fingerprint density at radius 3 is 2.46 bits per heavy atom. The highest BCUT2D eigenvalue weighted by atomic mass is 32.2. The second-order valence-corrected chi connectivity index (χ2v) is 18.1. The van der Waals surface area contributed by atoms with Crippen LogP contribution >= 0.6 is 0 Å². The van der Waals surface area contributed by atoms with Gasteiger partial charge in [-0.15, -0.1) is 0 Å². The summed E-state index contributed by atoms with van der Waals surface area (Å²) in [5.74, 6) is -6.03. The van der Waals surface area contributed by atoms with Crippen molar-refractivity contribution in [3.05, 3.63) is 94.1 Å². The van der Waals surface area contributed by atoms with E-state index in [9.17, 15) is 35.8 Å². The topological polar surface area (TPSA) is 129 Å². The standard InChI is InChI=1S/C39H36F7N7O3S/c1-51-35-26(5-4-6-27(35)30(49-51)18-57(2,3)56)25-7-8-31(52-16-23(47)14-32(52)55)48-34(25)20(9-19-10-21(40)13-22(41)11-19)12-24(54)17-53-37-33(36(50-53)39(44,45)46)28-15-29(28)38(37,42)43/h4-8,10-11,13,20,23,28-29H,2,9,12,14-18,47H2,1,3H3/t20-,23?,28+,29-,57?/m1/s1. The molecule has 2 N–H and O–H groups in total. The van der Waals surface area contributed by atoms with E-state index in [2.05, 4.69) is 16.1 Å². The Labute approximate surface area is 321 Å². The molecule has 1 amide bonds. The number of hydrogen-bond acceptors (Lipinski definition) is 7. The van der Waals surface area contributed by atoms with Crippen molar-refractivity contribution in [1.82, 2.24) is 24.5 Å². The number of anilines is 1. The first-order chi connectivity index (χ1) is 26.7. The summed E-state index contributed by atoms with van der Waals surface area (Å²) in [4.78, 5) is 33.4. The van der Waals surface area contributed by atoms with Gasteiger partial charge in [0.15, 0.2) is 11.5 Å². The first kappa shape index (κ1) is 38.8. The Balaban J connectivity index is 1.27. The summed E-state index contributed by atoms with van der Waals surface area (Å²) in [6.45, 7) is -0.828. The van der Waals surface area contributed by atoms with E-state index in [0.717, 1.165) is 12.1 Å². The van der Waals surface area contributed by atoms with Gasteiger partial charge in [-0.25, -0.2) is 13.8 Å². The number of aromatic nitrogens is 5. The van der Waals surface area contributed by atoms with Crippen LogP contribution < -0.4 is 10.6 Å². The molecule has 3 aliphatic rings. The number of rotatable bonds is 11. The molecule has 2 aromatic carbocycles. The molecule has 1 saturated carbocycles. The lowest BCUT2D eigenvalue weighted by Crippen LogP contribution is -2.29. The van der Waals surface area contributed by atoms with Gasteiger partial charge in [0.2, 0.25) is 5.91 Å². The molecule has 10 nitrogen and oxygen atoms in total. The summed E-state index contributed by atoms with van der Waals surface area (Å²) in [6.07, 6.45) is -4.41. The zero-order valence-corrected chi connectivity index (χ0v) is 31.4. The average molecular weight is 816 g/mol. The SMILES string of the molecule is C=S(C)(=O)Cc1nn(C)c2c(-c3ccc(N4CC(N)CC4=O)nc3[C@@H](CC(=O)Cn3nc(C(F)(F)F)c4c3C(F)(F)[C@@H]3C[C@H]43)Cc3cc(F)cc(F)c3)cccc12. The quantitative estimate of drug-likeness (QED) is 0.124. The number of Topliss-reactive ketones (excluding diaryl/α,β-unsaturated/α-hetero) is 1. The van der Waals surface area contributed by atoms with Gasteiger partial charge in [-0.3, -0.25) is 28.1 Å². The number of carbonyl (C=O) groups excluding carboxylic acids is 2. The number of hydrogen-bond donors (Lipinski definition) is 1. The molecule has 18 heteroatoms. The van der Waals surface area contributed by atoms with Crippen molar-refractivity contribution in [2.75, 3.05) is 17.7 Å². The molecule has 2 fully saturated rings. The normalized spacial score (nSPS) is 21.5. The number of benzene rings is 2. The van der Waals surface area contributed by atoms with E-state index in [4.69, 9.17) is 10.7 Å². The lowest BCUT2D eigenvalue weighted by Gasteiger charge is -2.24. The fourth-order valence-electron chi connectivity index (χ4n) is 8.51. The van der Waals surface area contributed by atoms with Gasteiger partial charge in [-0.1, -0.05) is 18.2 Å². The highest BCUT2D eigenvalue weighted by Gasteiger charge is 2.68. The van der Waals surface area contributed by atoms with Crippen LogP contribution in [0.1, 0.15) is 65.0 Å². The molecule has 0 radical (unpaired) electrons. The minimum atomic E-state index is -5.04. The van der Waals surface area contributed by atoms with E-state index < -0.39 is 92.8 Å². The number of nitrogens with two attached hydrogens (primary N) is 1. The van der Waals surface area contributed by atoms with Gasteiger partial charge in [0.25, 0.3) is 5.92 Å². The Hall–Kier alpha value is -5.10. The molecule has 8 rings (SSSR count). The number of alkyl halides is 5. The molecule has 3 aromatic heterocycles. The van der Waals surface area contributed by atoms with Crippen molar-refractivity contribution in [3.8, 4) is 11.1 Å². The van der Waals surface area contributed by atoms with E-state index in [0.29, 0.717) is 38.5 Å². The van der Waals surface area contributed by atoms with Crippen molar-refractivity contribution in [1.29, 1.82) is 0 Å². The maximum atomic E-state index is 15.4. The Bertz CT molecular complexity index is 2580. The maximum absolute atomic E-state index is 15.4. The second kappa shape index (κ2) is 13.5. The number of carbonyl (C=O) groups is 2. The number of halogens is 7. The van der Waals surface area contributed by atoms with Crippen molar-refractivity contribution in [3.63, 3.8) is 0 Å². The summed E-state index contributed by atoms with van der Waals surface area (Å²) in [6, 6.07) is 10.8. The molecule has 5 aromatic rings. The summed E-state index contributed by atoms with van der Waals surface area (Å²) >= 11 is 0. The van der Waals surface area contributed by atoms with Crippen molar-refractivity contribution >= 4 is 43.8 Å². The number of ketones is 1. The molecule has 2 aliphatic carbocycles. The molecule has 0 bridgehead atoms. The van der Waals surface area contributed by atoms with E-state index in [1.807, 2.05) is 0 Å². The van der Waals surface area contributed by atoms with Gasteiger partial charge < -0.3 is 5.73 Å². The van der Waals surface area contributed by atoms with Gasteiger partial charge in [0, 0.05) is 78.7 Å². The van der Waals surface area contributed by atoms with Crippen molar-refractivity contribution in [2.45, 2.75) is 68.0 Å². The second-order valence-electron chi connectivity index (χ2n) is 15.4. The predicted molar refractivity (Wildman–Crippen MR) is 198 cm³/mol. The number of nitrogens with zero attached hydrogens (tertiary/aromatic N) is 6. The molecular formula is C39H36F7N7O3S. The summed E-state index contributed by atoms with van der Waals surface area (Å²) in [5.41, 5.74) is 5.38. The van der Waals surface area contributed by atoms with Gasteiger partial charge in [0.05, 0.1) is 22.7 Å². The van der Waals surface area contributed by atoms with Crippen LogP contribution in [0.4, 0.5) is 36.6 Å². The minimum Gasteiger partial charge on any atom is -0.326 e. The van der Waals surface area contributed by atoms with Gasteiger partial charge in [-0.2, -0.15) is 32.1 Å². The first-order valence-corrected chi connectivity index (χ1v) is 20.3. The zero-order valence-electron chi connectivity index (χ0n) is 30.6. The molecular weight excluding hydrogens is 780 g/mol. The van der Waals surface area contributed by atoms with E-state index in [-0.39, 0.29) is 54.5 Å². The van der Waals surface area contributed by atoms with E-state index in [1.165, 1.54) is 11.2 Å². The third kappa shape index (κ3) is 7.10. The molecule has 57 heavy (non-hydrogen) atoms. The Morgan fingerprint density at radius 2 is 1.81 bits per heavy atom. The Kier molecular flexibility index (Phi) is 9.18. The molecule has 5 atom stereocenters. The maximum Gasteiger partial charge on any atom is 0.435 e. The van der Waals surface area contributed by atoms with Crippen LogP contribution in [0.25, 0.3) is 22.0 Å². The predicted octanol–water partition coefficient (Wildman–Crippen LogP) is 6.23. The van der Waals surface area contributed by atoms with Crippen LogP contribution in [0.3, 0.4) is 0 Å². The van der Waals surface area contributed by atoms with Gasteiger partial charge in [0.1, 0.15) is 29.7 Å². The average Bonchev–Trinajstić information content (AvgIpc) is 3.46. The van der Waals surface area contributed by atoms with Crippen LogP contribution in [0, 0.1) is 17.6 Å². The fourth-order valence-corrected chi connectivity index (χ4v) is 9.30. The van der Waals surface area contributed by atoms with Crippen LogP contribution in [0.2, 0.25) is 0 Å². The highest BCUT2D eigenvalue weighted by molar-refractivity contribution is 7.98. The van der Waals surface area contributed by atoms with Crippen LogP contribution in [-0.2, 0) is 57.0 Å². The van der Waals surface area contributed by atoms with Crippen LogP contribution in [-0.4, -0.2) is 65.2 Å². The number of pyridine rings is 1. The third-order valence-corrected chi connectivity index (χ3v) is 11.7. The highest BCUT2D eigenvalue weighted by Crippen LogP contribution is 2.68. The number of fused-ring (bicyclic) bond motifs is 4. The largest absolute Gasteiger partial charge is 0.435 e. The smallest absolute Gasteiger partial charge is 0.326 e. The number of aryl methyl sites for hydroxylation is 1. The van der Waals surface area contributed by atoms with E-state index >= 15 is 8.78 Å². The summed E-state index contributed by atoms with van der Waals surface area (Å²) < 4.78 is 117. The van der Waals surface area contributed by atoms with Crippen molar-refractivity contribution < 1.29 is 44.5 Å². The summed E-state index contributed by atoms with van der Waals surface area (Å²) in [5, 5.41) is 8.75. The molecule has 1 saturated heterocycles. The van der Waals surface area contributed by atoms with Gasteiger partial charge in [-0.05, 0) is 64.0 Å². The lowest BCUT2D eigenvalue weighted by atomic mass is 9.86. The minimum absolute atomic E-state index is 0.0354. The third-order valence-electron chi connectivity index (χ3n) is 10.8. The van der Waals surface area contributed by atoms with Crippen LogP contribution in [0.15, 0.2) is 48.5 Å². The number of amides is 1. The molecule has 300 valence electrons. The van der Waals surface area contributed by atoms with Crippen LogP contribution in [0.5, 0.6) is 0 Å². The molecule has 2 unspecified atom stereocenters. The zero-order chi connectivity index (χ0) is 40.9. The molecule has 1 aliphatic heterocycles. The fraction of sp³-hybridized carbons (Fsp3) is 0.385. The van der Waals surface area contributed by atoms with Gasteiger partial charge >= 0.3 is 6.18 Å². The lowest BCUT2D eigenvalue weighted by molar-refractivity contribution is -0.142. The van der Waals surface area contributed by atoms with Crippen molar-refractivity contribution in [2.24, 2.45) is 18.7 Å². The summed E-state index contributed by atoms with van der Waals surface area (Å²) in [7, 11) is -0.854. The number of para-hydroxylation sites is 1. The van der Waals surface area contributed by atoms with E-state index in [1.54, 1.807) is 42.1 Å². The molecule has 4 heterocycles. The molecule has 0 spiro atoms. The first-order valence-electron chi connectivity index (χ1n) is 18.0. The monoisotopic (exact) mass is 815 g/mol. The Morgan fingerprint density at radius 1 is 1.09 bits per heavy atom.